The molecular formula is C25H28ClN3O6S2. The van der Waals surface area contributed by atoms with Crippen molar-refractivity contribution in [2.75, 3.05) is 34.3 Å². The van der Waals surface area contributed by atoms with Crippen LogP contribution in [0.5, 0.6) is 5.75 Å². The van der Waals surface area contributed by atoms with E-state index in [0.717, 1.165) is 11.8 Å². The number of halogens is 1. The first-order valence-electron chi connectivity index (χ1n) is 11.2. The van der Waals surface area contributed by atoms with Crippen molar-refractivity contribution in [2.45, 2.75) is 24.7 Å². The molecular weight excluding hydrogens is 538 g/mol. The third kappa shape index (κ3) is 7.85. The van der Waals surface area contributed by atoms with Gasteiger partial charge in [-0.25, -0.2) is 16.8 Å². The average Bonchev–Trinajstić information content (AvgIpc) is 2.83. The second-order valence-electron chi connectivity index (χ2n) is 8.28. The lowest BCUT2D eigenvalue weighted by atomic mass is 10.2. The molecule has 0 spiro atoms. The molecule has 0 fully saturated rings. The third-order valence-electron chi connectivity index (χ3n) is 5.40. The molecule has 12 heteroatoms. The Kier molecular flexibility index (Phi) is 9.06. The highest BCUT2D eigenvalue weighted by Gasteiger charge is 2.20. The van der Waals surface area contributed by atoms with E-state index in [0.29, 0.717) is 27.8 Å². The highest BCUT2D eigenvalue weighted by molar-refractivity contribution is 7.92. The number of carbonyl (C=O) groups is 1. The monoisotopic (exact) mass is 565 g/mol. The molecule has 0 aliphatic rings. The number of hydrogen-bond donors (Lipinski definition) is 2. The molecule has 0 atom stereocenters. The van der Waals surface area contributed by atoms with E-state index >= 15 is 0 Å². The van der Waals surface area contributed by atoms with E-state index in [1.54, 1.807) is 49.4 Å². The Bertz CT molecular complexity index is 1460. The summed E-state index contributed by atoms with van der Waals surface area (Å²) in [5.41, 5.74) is 2.01. The lowest BCUT2D eigenvalue weighted by Gasteiger charge is -2.24. The van der Waals surface area contributed by atoms with Gasteiger partial charge >= 0.3 is 0 Å². The Morgan fingerprint density at radius 1 is 0.946 bits per heavy atom. The van der Waals surface area contributed by atoms with Gasteiger partial charge in [-0.2, -0.15) is 0 Å². The summed E-state index contributed by atoms with van der Waals surface area (Å²) in [6, 6.07) is 17.2. The van der Waals surface area contributed by atoms with Crippen LogP contribution >= 0.6 is 11.6 Å². The molecule has 0 saturated carbocycles. The highest BCUT2D eigenvalue weighted by Crippen LogP contribution is 2.27. The summed E-state index contributed by atoms with van der Waals surface area (Å²) in [5.74, 6) is 0.273. The van der Waals surface area contributed by atoms with E-state index in [-0.39, 0.29) is 30.2 Å². The van der Waals surface area contributed by atoms with Gasteiger partial charge in [0.15, 0.2) is 0 Å². The van der Waals surface area contributed by atoms with Crippen LogP contribution in [0.1, 0.15) is 18.4 Å². The maximum absolute atomic E-state index is 12.6. The fourth-order valence-electron chi connectivity index (χ4n) is 3.51. The second-order valence-corrected chi connectivity index (χ2v) is 12.3. The summed E-state index contributed by atoms with van der Waals surface area (Å²) < 4.78 is 58.8. The molecule has 0 aliphatic heterocycles. The molecule has 0 heterocycles. The first-order chi connectivity index (χ1) is 17.4. The van der Waals surface area contributed by atoms with Gasteiger partial charge in [0.1, 0.15) is 5.75 Å². The van der Waals surface area contributed by atoms with Crippen LogP contribution in [-0.4, -0.2) is 42.7 Å². The van der Waals surface area contributed by atoms with E-state index in [1.807, 2.05) is 0 Å². The third-order valence-corrected chi connectivity index (χ3v) is 8.21. The molecule has 0 aliphatic carbocycles. The van der Waals surface area contributed by atoms with Crippen molar-refractivity contribution in [1.82, 2.24) is 0 Å². The maximum Gasteiger partial charge on any atom is 0.261 e. The number of rotatable bonds is 11. The fraction of sp³-hybridized carbons (Fsp3) is 0.240. The molecule has 3 rings (SSSR count). The summed E-state index contributed by atoms with van der Waals surface area (Å²) >= 11 is 6.04. The zero-order valence-electron chi connectivity index (χ0n) is 20.6. The molecule has 198 valence electrons. The van der Waals surface area contributed by atoms with Crippen LogP contribution in [0.15, 0.2) is 71.6 Å². The first-order valence-corrected chi connectivity index (χ1v) is 14.9. The molecule has 37 heavy (non-hydrogen) atoms. The standard InChI is InChI=1S/C25H28ClN3O6S2/c1-18-6-7-19(26)17-24(18)29(36(3,31)32)16-4-5-25(30)27-20-10-14-23(15-11-20)37(33,34)28-21-8-12-22(35-2)13-9-21/h6-15,17,28H,4-5,16H2,1-3H3,(H,27,30). The van der Waals surface area contributed by atoms with Crippen LogP contribution in [0.2, 0.25) is 5.02 Å². The molecule has 1 amide bonds. The van der Waals surface area contributed by atoms with Crippen LogP contribution in [0.3, 0.4) is 0 Å². The number of nitrogens with one attached hydrogen (secondary N) is 2. The molecule has 0 bridgehead atoms. The van der Waals surface area contributed by atoms with Crippen molar-refractivity contribution < 1.29 is 26.4 Å². The molecule has 3 aromatic rings. The second kappa shape index (κ2) is 11.8. The minimum Gasteiger partial charge on any atom is -0.497 e. The number of benzene rings is 3. The summed E-state index contributed by atoms with van der Waals surface area (Å²) in [6.07, 6.45) is 1.43. The zero-order chi connectivity index (χ0) is 27.2. The molecule has 0 unspecified atom stereocenters. The van der Waals surface area contributed by atoms with Crippen molar-refractivity contribution in [3.8, 4) is 5.75 Å². The molecule has 0 saturated heterocycles. The normalized spacial score (nSPS) is 11.6. The van der Waals surface area contributed by atoms with E-state index in [4.69, 9.17) is 16.3 Å². The maximum atomic E-state index is 12.6. The van der Waals surface area contributed by atoms with Crippen molar-refractivity contribution >= 4 is 54.6 Å². The average molecular weight is 566 g/mol. The van der Waals surface area contributed by atoms with Crippen LogP contribution in [0, 0.1) is 6.92 Å². The quantitative estimate of drug-likeness (QED) is 0.349. The molecule has 9 nitrogen and oxygen atoms in total. The van der Waals surface area contributed by atoms with Crippen molar-refractivity contribution in [3.63, 3.8) is 0 Å². The minimum absolute atomic E-state index is 0.0296. The van der Waals surface area contributed by atoms with Gasteiger partial charge in [-0.3, -0.25) is 13.8 Å². The Morgan fingerprint density at radius 2 is 1.57 bits per heavy atom. The molecule has 0 aromatic heterocycles. The number of sulfonamides is 2. The Balaban J connectivity index is 1.58. The number of carbonyl (C=O) groups excluding carboxylic acids is 1. The van der Waals surface area contributed by atoms with E-state index in [9.17, 15) is 21.6 Å². The topological polar surface area (TPSA) is 122 Å². The number of anilines is 3. The summed E-state index contributed by atoms with van der Waals surface area (Å²) in [5, 5.41) is 3.11. The summed E-state index contributed by atoms with van der Waals surface area (Å²) in [7, 11) is -5.89. The Morgan fingerprint density at radius 3 is 2.16 bits per heavy atom. The molecule has 0 radical (unpaired) electrons. The summed E-state index contributed by atoms with van der Waals surface area (Å²) in [6.45, 7) is 1.88. The predicted octanol–water partition coefficient (Wildman–Crippen LogP) is 4.64. The minimum atomic E-state index is -3.82. The Labute approximate surface area is 222 Å². The van der Waals surface area contributed by atoms with Crippen LogP contribution < -0.4 is 19.1 Å². The van der Waals surface area contributed by atoms with Gasteiger partial charge in [-0.05, 0) is 79.6 Å². The first kappa shape index (κ1) is 28.3. The van der Waals surface area contributed by atoms with Crippen molar-refractivity contribution in [2.24, 2.45) is 0 Å². The number of aryl methyl sites for hydroxylation is 1. The number of methoxy groups -OCH3 is 1. The largest absolute Gasteiger partial charge is 0.497 e. The van der Waals surface area contributed by atoms with Gasteiger partial charge in [0.2, 0.25) is 15.9 Å². The van der Waals surface area contributed by atoms with E-state index in [2.05, 4.69) is 10.0 Å². The van der Waals surface area contributed by atoms with Crippen molar-refractivity contribution in [1.29, 1.82) is 0 Å². The lowest BCUT2D eigenvalue weighted by Crippen LogP contribution is -2.32. The van der Waals surface area contributed by atoms with E-state index in [1.165, 1.54) is 35.7 Å². The Hall–Kier alpha value is -3.28. The smallest absolute Gasteiger partial charge is 0.261 e. The predicted molar refractivity (Wildman–Crippen MR) is 146 cm³/mol. The number of ether oxygens (including phenoxy) is 1. The van der Waals surface area contributed by atoms with Gasteiger partial charge < -0.3 is 10.1 Å². The zero-order valence-corrected chi connectivity index (χ0v) is 23.0. The molecule has 2 N–H and O–H groups in total. The fourth-order valence-corrected chi connectivity index (χ4v) is 5.75. The van der Waals surface area contributed by atoms with Gasteiger partial charge in [0.05, 0.1) is 23.9 Å². The van der Waals surface area contributed by atoms with Crippen molar-refractivity contribution in [3.05, 3.63) is 77.3 Å². The van der Waals surface area contributed by atoms with Gasteiger partial charge in [-0.15, -0.1) is 0 Å². The molecule has 3 aromatic carbocycles. The van der Waals surface area contributed by atoms with Crippen LogP contribution in [0.4, 0.5) is 17.1 Å². The van der Waals surface area contributed by atoms with Gasteiger partial charge in [0.25, 0.3) is 10.0 Å². The number of nitrogens with zero attached hydrogens (tertiary/aromatic N) is 1. The van der Waals surface area contributed by atoms with Crippen LogP contribution in [0.25, 0.3) is 0 Å². The lowest BCUT2D eigenvalue weighted by molar-refractivity contribution is -0.116. The van der Waals surface area contributed by atoms with Crippen LogP contribution in [-0.2, 0) is 24.8 Å². The number of amides is 1. The van der Waals surface area contributed by atoms with Gasteiger partial charge in [0, 0.05) is 29.4 Å². The van der Waals surface area contributed by atoms with Gasteiger partial charge in [-0.1, -0.05) is 17.7 Å². The van der Waals surface area contributed by atoms with E-state index < -0.39 is 20.0 Å². The number of hydrogen-bond acceptors (Lipinski definition) is 6. The SMILES string of the molecule is COc1ccc(NS(=O)(=O)c2ccc(NC(=O)CCCN(c3cc(Cl)ccc3C)S(C)(=O)=O)cc2)cc1. The highest BCUT2D eigenvalue weighted by atomic mass is 35.5. The summed E-state index contributed by atoms with van der Waals surface area (Å²) in [4.78, 5) is 12.5.